The molecule has 6 heterocycles. The number of ether oxygens (including phenoxy) is 2. The minimum atomic E-state index is -1.26. The standard InChI is InChI=1S/C46H60N8O6SSi/c1-10-52-36-18-15-29-21-32(36)33(40(52)31-13-11-19-47-38(31)28(4)59-9)22-45(5,6)25-60-42(56)34-14-12-20-53(49-34)43(57)46(23-37-48-35(29)24-61-37)26-62-54(46)41(55)39(27(2)3)51(8)44(58)50(7)30-16-17-30/h11,13,15,18-19,21,24,27-28,30,34,39,49H,10,12,14,16-17,20,22-23,25-26H2,1-9H3/t28-,34-,39-,46+/m0/s1. The summed E-state index contributed by atoms with van der Waals surface area (Å²) in [6, 6.07) is 9.45. The van der Waals surface area contributed by atoms with E-state index in [0.29, 0.717) is 38.4 Å². The zero-order chi connectivity index (χ0) is 44.2. The van der Waals surface area contributed by atoms with Crippen LogP contribution in [0.15, 0.2) is 41.9 Å². The fourth-order valence-corrected chi connectivity index (χ4v) is 11.9. The number of benzene rings is 1. The van der Waals surface area contributed by atoms with Crippen molar-refractivity contribution in [2.45, 2.75) is 122 Å². The van der Waals surface area contributed by atoms with Gasteiger partial charge in [0.05, 0.1) is 34.8 Å². The molecule has 0 unspecified atom stereocenters. The van der Waals surface area contributed by atoms with Crippen LogP contribution in [0.1, 0.15) is 89.6 Å². The summed E-state index contributed by atoms with van der Waals surface area (Å²) >= 11 is 1.48. The van der Waals surface area contributed by atoms with Crippen molar-refractivity contribution in [1.82, 2.24) is 39.3 Å². The first-order chi connectivity index (χ1) is 29.6. The summed E-state index contributed by atoms with van der Waals surface area (Å²) in [5.74, 6) is -1.15. The number of pyridine rings is 1. The summed E-state index contributed by atoms with van der Waals surface area (Å²) in [5.41, 5.74) is 8.33. The van der Waals surface area contributed by atoms with Crippen molar-refractivity contribution in [2.24, 2.45) is 11.3 Å². The molecule has 4 aromatic rings. The predicted molar refractivity (Wildman–Crippen MR) is 240 cm³/mol. The van der Waals surface area contributed by atoms with Gasteiger partial charge in [-0.15, -0.1) is 11.3 Å². The molecule has 16 heteroatoms. The molecule has 1 spiro atoms. The van der Waals surface area contributed by atoms with Crippen molar-refractivity contribution < 1.29 is 28.7 Å². The fraction of sp³-hybridized carbons (Fsp3) is 0.565. The quantitative estimate of drug-likeness (QED) is 0.155. The van der Waals surface area contributed by atoms with Crippen LogP contribution in [0.25, 0.3) is 33.4 Å². The van der Waals surface area contributed by atoms with Crippen LogP contribution < -0.4 is 5.43 Å². The number of rotatable bonds is 8. The van der Waals surface area contributed by atoms with Crippen LogP contribution in [0.2, 0.25) is 6.04 Å². The number of fused-ring (bicyclic) bond motifs is 6. The highest BCUT2D eigenvalue weighted by Crippen LogP contribution is 2.43. The smallest absolute Gasteiger partial charge is 0.324 e. The van der Waals surface area contributed by atoms with Gasteiger partial charge in [-0.05, 0) is 87.7 Å². The van der Waals surface area contributed by atoms with Gasteiger partial charge in [0.15, 0.2) is 9.68 Å². The number of methoxy groups -OCH3 is 1. The van der Waals surface area contributed by atoms with Crippen molar-refractivity contribution in [3.63, 3.8) is 0 Å². The lowest BCUT2D eigenvalue weighted by Crippen LogP contribution is -2.76. The highest BCUT2D eigenvalue weighted by Gasteiger charge is 2.58. The number of likely N-dealkylation sites (N-methyl/N-ethyl adjacent to an activating group) is 1. The van der Waals surface area contributed by atoms with Crippen molar-refractivity contribution in [3.05, 3.63) is 58.2 Å². The maximum absolute atomic E-state index is 15.1. The number of cyclic esters (lactones) is 1. The minimum Gasteiger partial charge on any atom is -0.464 e. The zero-order valence-corrected chi connectivity index (χ0v) is 39.3. The number of carbonyl (C=O) groups excluding carboxylic acids is 4. The Morgan fingerprint density at radius 2 is 1.89 bits per heavy atom. The summed E-state index contributed by atoms with van der Waals surface area (Å²) in [6.45, 7) is 13.5. The molecule has 3 aliphatic heterocycles. The van der Waals surface area contributed by atoms with E-state index in [1.54, 1.807) is 41.8 Å². The van der Waals surface area contributed by atoms with E-state index >= 15 is 4.79 Å². The number of hydrazine groups is 1. The first-order valence-electron chi connectivity index (χ1n) is 22.0. The molecule has 1 aliphatic carbocycles. The van der Waals surface area contributed by atoms with E-state index in [2.05, 4.69) is 55.0 Å². The molecule has 1 N–H and O–H groups in total. The normalized spacial score (nSPS) is 22.6. The zero-order valence-electron chi connectivity index (χ0n) is 37.5. The number of nitrogens with one attached hydrogen (secondary N) is 1. The highest BCUT2D eigenvalue weighted by atomic mass is 32.1. The summed E-state index contributed by atoms with van der Waals surface area (Å²) in [7, 11) is 5.23. The second-order valence-electron chi connectivity index (χ2n) is 18.6. The summed E-state index contributed by atoms with van der Waals surface area (Å²) in [4.78, 5) is 70.9. The van der Waals surface area contributed by atoms with Crippen LogP contribution in [0.3, 0.4) is 0 Å². The lowest BCUT2D eigenvalue weighted by Gasteiger charge is -2.54. The average Bonchev–Trinajstić information content (AvgIpc) is 3.93. The van der Waals surface area contributed by atoms with Gasteiger partial charge in [-0.1, -0.05) is 33.8 Å². The van der Waals surface area contributed by atoms with Crippen LogP contribution >= 0.6 is 11.3 Å². The van der Waals surface area contributed by atoms with Gasteiger partial charge in [0.2, 0.25) is 5.91 Å². The molecule has 3 aromatic heterocycles. The summed E-state index contributed by atoms with van der Waals surface area (Å²) in [5, 5.41) is 5.38. The molecule has 1 aromatic carbocycles. The first-order valence-corrected chi connectivity index (χ1v) is 24.0. The number of aromatic nitrogens is 3. The molecular weight excluding hydrogens is 821 g/mol. The molecule has 62 heavy (non-hydrogen) atoms. The van der Waals surface area contributed by atoms with E-state index in [-0.39, 0.29) is 58.6 Å². The number of amides is 4. The summed E-state index contributed by atoms with van der Waals surface area (Å²) in [6.07, 6.45) is 5.36. The molecule has 4 amide bonds. The topological polar surface area (TPSA) is 142 Å². The fourth-order valence-electron chi connectivity index (χ4n) is 9.52. The van der Waals surface area contributed by atoms with E-state index in [1.807, 2.05) is 32.2 Å². The SMILES string of the molecule is CCn1c(-c2cccnc2[C@H](C)OC)c2c3cc(ccc31)-c1csc(n1)C[C@@]1(C[Si]N1C(=O)[C@H](C(C)C)N(C)C(=O)N(C)C1CC1)C(=O)N1CCC[C@H](N1)C(=O)OCC(C)(C)C2. The van der Waals surface area contributed by atoms with Gasteiger partial charge in [0.25, 0.3) is 5.91 Å². The van der Waals surface area contributed by atoms with E-state index in [1.165, 1.54) is 16.3 Å². The maximum Gasteiger partial charge on any atom is 0.324 e. The molecule has 14 nitrogen and oxygen atoms in total. The Morgan fingerprint density at radius 3 is 2.56 bits per heavy atom. The van der Waals surface area contributed by atoms with Gasteiger partial charge in [-0.3, -0.25) is 24.4 Å². The van der Waals surface area contributed by atoms with E-state index in [0.717, 1.165) is 62.5 Å². The number of nitrogens with zero attached hydrogens (tertiary/aromatic N) is 7. The van der Waals surface area contributed by atoms with Gasteiger partial charge in [-0.25, -0.2) is 15.2 Å². The van der Waals surface area contributed by atoms with Crippen LogP contribution in [-0.4, -0.2) is 125 Å². The Kier molecular flexibility index (Phi) is 12.2. The lowest BCUT2D eigenvalue weighted by molar-refractivity contribution is -0.161. The molecule has 1 saturated carbocycles. The largest absolute Gasteiger partial charge is 0.464 e. The lowest BCUT2D eigenvalue weighted by atomic mass is 9.84. The minimum absolute atomic E-state index is 0.0473. The molecule has 6 bridgehead atoms. The number of thiazole rings is 1. The van der Waals surface area contributed by atoms with Crippen molar-refractivity contribution in [1.29, 1.82) is 0 Å². The van der Waals surface area contributed by atoms with Crippen LogP contribution in [-0.2, 0) is 43.2 Å². The maximum atomic E-state index is 15.1. The highest BCUT2D eigenvalue weighted by molar-refractivity contribution is 7.10. The van der Waals surface area contributed by atoms with Crippen molar-refractivity contribution >= 4 is 55.7 Å². The predicted octanol–water partition coefficient (Wildman–Crippen LogP) is 6.51. The first kappa shape index (κ1) is 44.0. The van der Waals surface area contributed by atoms with Crippen LogP contribution in [0.4, 0.5) is 4.79 Å². The molecule has 2 saturated heterocycles. The third kappa shape index (κ3) is 7.96. The summed E-state index contributed by atoms with van der Waals surface area (Å²) < 4.78 is 16.0. The molecule has 4 aliphatic rings. The number of aryl methyl sites for hydroxylation is 1. The van der Waals surface area contributed by atoms with Gasteiger partial charge in [0.1, 0.15) is 17.6 Å². The van der Waals surface area contributed by atoms with E-state index < -0.39 is 29.0 Å². The van der Waals surface area contributed by atoms with Crippen molar-refractivity contribution in [2.75, 3.05) is 34.4 Å². The third-order valence-corrected chi connectivity index (χ3v) is 15.7. The second-order valence-corrected chi connectivity index (χ2v) is 20.7. The Labute approximate surface area is 371 Å². The Hall–Kier alpha value is -4.64. The van der Waals surface area contributed by atoms with Crippen molar-refractivity contribution in [3.8, 4) is 22.5 Å². The van der Waals surface area contributed by atoms with Gasteiger partial charge < -0.3 is 28.4 Å². The molecule has 8 rings (SSSR count). The average molecular weight is 881 g/mol. The Bertz CT molecular complexity index is 2380. The number of hydrogen-bond donors (Lipinski definition) is 1. The van der Waals surface area contributed by atoms with Gasteiger partial charge >= 0.3 is 12.0 Å². The number of urea groups is 1. The monoisotopic (exact) mass is 880 g/mol. The van der Waals surface area contributed by atoms with Crippen LogP contribution in [0, 0.1) is 11.3 Å². The van der Waals surface area contributed by atoms with E-state index in [9.17, 15) is 14.4 Å². The third-order valence-electron chi connectivity index (χ3n) is 13.2. The number of hydrogen-bond acceptors (Lipinski definition) is 10. The molecular formula is C46H60N8O6SSi. The number of carbonyl (C=O) groups is 4. The Balaban J connectivity index is 1.23. The Morgan fingerprint density at radius 1 is 1.11 bits per heavy atom. The van der Waals surface area contributed by atoms with E-state index in [4.69, 9.17) is 19.4 Å². The van der Waals surface area contributed by atoms with Gasteiger partial charge in [-0.2, -0.15) is 0 Å². The molecule has 330 valence electrons. The molecule has 4 atom stereocenters. The molecule has 2 radical (unpaired) electrons. The number of esters is 1. The van der Waals surface area contributed by atoms with Gasteiger partial charge in [0, 0.05) is 85.8 Å². The second kappa shape index (κ2) is 17.1. The molecule has 3 fully saturated rings. The van der Waals surface area contributed by atoms with Crippen LogP contribution in [0.5, 0.6) is 0 Å².